The van der Waals surface area contributed by atoms with E-state index in [-0.39, 0.29) is 17.8 Å². The van der Waals surface area contributed by atoms with E-state index < -0.39 is 5.60 Å². The van der Waals surface area contributed by atoms with E-state index in [9.17, 15) is 9.90 Å². The van der Waals surface area contributed by atoms with E-state index in [0.29, 0.717) is 18.8 Å². The lowest BCUT2D eigenvalue weighted by atomic mass is 9.90. The molecule has 5 heteroatoms. The highest BCUT2D eigenvalue weighted by molar-refractivity contribution is 5.68. The average Bonchev–Trinajstić information content (AvgIpc) is 2.36. The minimum absolute atomic E-state index is 0.166. The molecule has 1 unspecified atom stereocenters. The van der Waals surface area contributed by atoms with Crippen molar-refractivity contribution in [2.24, 2.45) is 0 Å². The van der Waals surface area contributed by atoms with Gasteiger partial charge in [-0.3, -0.25) is 0 Å². The van der Waals surface area contributed by atoms with Gasteiger partial charge < -0.3 is 20.5 Å². The summed E-state index contributed by atoms with van der Waals surface area (Å²) in [6.07, 6.45) is 1.61. The Labute approximate surface area is 125 Å². The van der Waals surface area contributed by atoms with Gasteiger partial charge in [-0.05, 0) is 51.3 Å². The van der Waals surface area contributed by atoms with E-state index in [1.807, 2.05) is 26.8 Å². The average molecular weight is 292 g/mol. The van der Waals surface area contributed by atoms with E-state index in [2.05, 4.69) is 0 Å². The molecule has 1 aliphatic heterocycles. The third kappa shape index (κ3) is 4.28. The number of likely N-dealkylation sites (tertiary alicyclic amines) is 1. The maximum absolute atomic E-state index is 12.2. The van der Waals surface area contributed by atoms with Crippen molar-refractivity contribution >= 4 is 11.8 Å². The molecule has 1 aromatic carbocycles. The molecule has 1 aromatic rings. The molecule has 1 heterocycles. The van der Waals surface area contributed by atoms with Gasteiger partial charge in [-0.2, -0.15) is 0 Å². The minimum atomic E-state index is -0.487. The number of phenolic OH excluding ortho intramolecular Hbond substituents is 1. The molecule has 116 valence electrons. The van der Waals surface area contributed by atoms with Gasteiger partial charge in [0.25, 0.3) is 0 Å². The zero-order valence-corrected chi connectivity index (χ0v) is 12.9. The highest BCUT2D eigenvalue weighted by Crippen LogP contribution is 2.31. The maximum Gasteiger partial charge on any atom is 0.410 e. The van der Waals surface area contributed by atoms with Gasteiger partial charge in [0.15, 0.2) is 0 Å². The zero-order chi connectivity index (χ0) is 15.6. The fraction of sp³-hybridized carbons (Fsp3) is 0.562. The quantitative estimate of drug-likeness (QED) is 0.780. The van der Waals surface area contributed by atoms with E-state index >= 15 is 0 Å². The molecule has 0 aliphatic carbocycles. The van der Waals surface area contributed by atoms with Crippen molar-refractivity contribution in [2.45, 2.75) is 45.1 Å². The van der Waals surface area contributed by atoms with E-state index in [1.165, 1.54) is 6.07 Å². The van der Waals surface area contributed by atoms with Crippen LogP contribution in [0.1, 0.15) is 45.1 Å². The van der Waals surface area contributed by atoms with Crippen LogP contribution >= 0.6 is 0 Å². The predicted molar refractivity (Wildman–Crippen MR) is 82.3 cm³/mol. The molecule has 0 spiro atoms. The van der Waals surface area contributed by atoms with E-state index in [4.69, 9.17) is 10.5 Å². The summed E-state index contributed by atoms with van der Waals surface area (Å²) in [5.41, 5.74) is 6.81. The van der Waals surface area contributed by atoms with Crippen LogP contribution in [0.25, 0.3) is 0 Å². The summed E-state index contributed by atoms with van der Waals surface area (Å²) in [5.74, 6) is 0.347. The van der Waals surface area contributed by atoms with Crippen LogP contribution < -0.4 is 5.73 Å². The Morgan fingerprint density at radius 2 is 2.10 bits per heavy atom. The number of amides is 1. The Kier molecular flexibility index (Phi) is 4.30. The number of aromatic hydroxyl groups is 1. The van der Waals surface area contributed by atoms with Gasteiger partial charge in [0, 0.05) is 30.8 Å². The van der Waals surface area contributed by atoms with Crippen LogP contribution in [0.2, 0.25) is 0 Å². The monoisotopic (exact) mass is 292 g/mol. The number of nitrogen functional groups attached to an aromatic ring is 1. The Hall–Kier alpha value is -1.91. The first-order valence-electron chi connectivity index (χ1n) is 7.32. The number of anilines is 1. The van der Waals surface area contributed by atoms with Gasteiger partial charge in [0.05, 0.1) is 0 Å². The number of rotatable bonds is 1. The SMILES string of the molecule is CC(C)(C)OC(=O)N1CCCC(c2cc(N)cc(O)c2)C1. The minimum Gasteiger partial charge on any atom is -0.508 e. The van der Waals surface area contributed by atoms with Crippen LogP contribution in [0.4, 0.5) is 10.5 Å². The second-order valence-corrected chi connectivity index (χ2v) is 6.62. The smallest absolute Gasteiger partial charge is 0.410 e. The second kappa shape index (κ2) is 5.84. The van der Waals surface area contributed by atoms with Crippen molar-refractivity contribution < 1.29 is 14.6 Å². The summed E-state index contributed by atoms with van der Waals surface area (Å²) in [7, 11) is 0. The third-order valence-electron chi connectivity index (χ3n) is 3.51. The number of phenols is 1. The number of hydrogen-bond donors (Lipinski definition) is 2. The molecule has 0 bridgehead atoms. The van der Waals surface area contributed by atoms with E-state index in [0.717, 1.165) is 18.4 Å². The topological polar surface area (TPSA) is 75.8 Å². The third-order valence-corrected chi connectivity index (χ3v) is 3.51. The maximum atomic E-state index is 12.2. The lowest BCUT2D eigenvalue weighted by Crippen LogP contribution is -2.42. The Morgan fingerprint density at radius 3 is 2.71 bits per heavy atom. The number of hydrogen-bond acceptors (Lipinski definition) is 4. The number of ether oxygens (including phenoxy) is 1. The van der Waals surface area contributed by atoms with Gasteiger partial charge in [-0.25, -0.2) is 4.79 Å². The first-order valence-corrected chi connectivity index (χ1v) is 7.32. The van der Waals surface area contributed by atoms with Crippen LogP contribution in [0, 0.1) is 0 Å². The number of nitrogens with two attached hydrogens (primary N) is 1. The van der Waals surface area contributed by atoms with Gasteiger partial charge in [-0.15, -0.1) is 0 Å². The molecule has 0 saturated carbocycles. The Balaban J connectivity index is 2.08. The van der Waals surface area contributed by atoms with Crippen molar-refractivity contribution in [1.82, 2.24) is 4.90 Å². The molecule has 1 atom stereocenters. The number of carbonyl (C=O) groups is 1. The van der Waals surface area contributed by atoms with Crippen LogP contribution in [-0.2, 0) is 4.74 Å². The first-order chi connectivity index (χ1) is 9.74. The normalized spacial score (nSPS) is 19.4. The van der Waals surface area contributed by atoms with Gasteiger partial charge >= 0.3 is 6.09 Å². The lowest BCUT2D eigenvalue weighted by molar-refractivity contribution is 0.0198. The molecule has 1 fully saturated rings. The number of benzene rings is 1. The van der Waals surface area contributed by atoms with Gasteiger partial charge in [0.1, 0.15) is 11.4 Å². The molecule has 1 saturated heterocycles. The number of nitrogens with zero attached hydrogens (tertiary/aromatic N) is 1. The summed E-state index contributed by atoms with van der Waals surface area (Å²) in [5, 5.41) is 9.67. The molecule has 0 radical (unpaired) electrons. The molecule has 0 aromatic heterocycles. The summed E-state index contributed by atoms with van der Waals surface area (Å²) in [4.78, 5) is 13.9. The lowest BCUT2D eigenvalue weighted by Gasteiger charge is -2.34. The van der Waals surface area contributed by atoms with Crippen LogP contribution in [0.3, 0.4) is 0 Å². The van der Waals surface area contributed by atoms with Crippen LogP contribution in [-0.4, -0.2) is 34.8 Å². The molecular formula is C16H24N2O3. The van der Waals surface area contributed by atoms with Gasteiger partial charge in [-0.1, -0.05) is 0 Å². The number of carbonyl (C=O) groups excluding carboxylic acids is 1. The second-order valence-electron chi connectivity index (χ2n) is 6.62. The van der Waals surface area contributed by atoms with E-state index in [1.54, 1.807) is 11.0 Å². The van der Waals surface area contributed by atoms with Crippen molar-refractivity contribution in [1.29, 1.82) is 0 Å². The largest absolute Gasteiger partial charge is 0.508 e. The zero-order valence-electron chi connectivity index (χ0n) is 12.9. The molecule has 5 nitrogen and oxygen atoms in total. The summed E-state index contributed by atoms with van der Waals surface area (Å²) < 4.78 is 5.42. The highest BCUT2D eigenvalue weighted by Gasteiger charge is 2.28. The summed E-state index contributed by atoms with van der Waals surface area (Å²) >= 11 is 0. The fourth-order valence-corrected chi connectivity index (χ4v) is 2.64. The van der Waals surface area contributed by atoms with Crippen molar-refractivity contribution in [3.8, 4) is 5.75 Å². The highest BCUT2D eigenvalue weighted by atomic mass is 16.6. The molecule has 21 heavy (non-hydrogen) atoms. The fourth-order valence-electron chi connectivity index (χ4n) is 2.64. The Bertz CT molecular complexity index is 502. The molecule has 2 rings (SSSR count). The molecule has 1 amide bonds. The van der Waals surface area contributed by atoms with Crippen LogP contribution in [0.5, 0.6) is 5.75 Å². The number of piperidine rings is 1. The predicted octanol–water partition coefficient (Wildman–Crippen LogP) is 3.09. The molecule has 3 N–H and O–H groups in total. The standard InChI is InChI=1S/C16H24N2O3/c1-16(2,3)21-15(20)18-6-4-5-11(10-18)12-7-13(17)9-14(19)8-12/h7-9,11,19H,4-6,10,17H2,1-3H3. The summed E-state index contributed by atoms with van der Waals surface area (Å²) in [6, 6.07) is 5.11. The van der Waals surface area contributed by atoms with Crippen molar-refractivity contribution in [2.75, 3.05) is 18.8 Å². The van der Waals surface area contributed by atoms with Crippen molar-refractivity contribution in [3.63, 3.8) is 0 Å². The van der Waals surface area contributed by atoms with Gasteiger partial charge in [0.2, 0.25) is 0 Å². The Morgan fingerprint density at radius 1 is 1.38 bits per heavy atom. The molecule has 1 aliphatic rings. The first kappa shape index (κ1) is 15.5. The molecular weight excluding hydrogens is 268 g/mol. The van der Waals surface area contributed by atoms with Crippen LogP contribution in [0.15, 0.2) is 18.2 Å². The van der Waals surface area contributed by atoms with Crippen molar-refractivity contribution in [3.05, 3.63) is 23.8 Å². The summed E-state index contributed by atoms with van der Waals surface area (Å²) in [6.45, 7) is 6.89.